The van der Waals surface area contributed by atoms with Crippen LogP contribution in [0.25, 0.3) is 0 Å². The van der Waals surface area contributed by atoms with Gasteiger partial charge in [-0.2, -0.15) is 13.2 Å². The molecule has 0 spiro atoms. The number of nitrogens with one attached hydrogen (secondary N) is 1. The molecule has 94 valence electrons. The zero-order chi connectivity index (χ0) is 13.2. The second-order valence-electron chi connectivity index (χ2n) is 2.92. The van der Waals surface area contributed by atoms with Crippen molar-refractivity contribution in [3.63, 3.8) is 0 Å². The van der Waals surface area contributed by atoms with E-state index in [-0.39, 0.29) is 16.5 Å². The second-order valence-corrected chi connectivity index (χ2v) is 4.21. The molecule has 0 aliphatic rings. The lowest BCUT2D eigenvalue weighted by atomic mass is 10.3. The van der Waals surface area contributed by atoms with E-state index in [2.05, 4.69) is 15.9 Å². The van der Waals surface area contributed by atoms with Crippen LogP contribution in [-0.2, 0) is 4.79 Å². The third-order valence-electron chi connectivity index (χ3n) is 1.72. The Morgan fingerprint density at radius 1 is 1.47 bits per heavy atom. The first-order valence-corrected chi connectivity index (χ1v) is 5.34. The van der Waals surface area contributed by atoms with Gasteiger partial charge in [-0.3, -0.25) is 4.79 Å². The Morgan fingerprint density at radius 3 is 2.53 bits per heavy atom. The third kappa shape index (κ3) is 3.50. The quantitative estimate of drug-likeness (QED) is 0.898. The lowest BCUT2D eigenvalue weighted by Crippen LogP contribution is -2.30. The maximum atomic E-state index is 12.1. The summed E-state index contributed by atoms with van der Waals surface area (Å²) in [7, 11) is 1.26. The van der Waals surface area contributed by atoms with Crippen molar-refractivity contribution in [1.29, 1.82) is 0 Å². The van der Waals surface area contributed by atoms with E-state index in [4.69, 9.17) is 16.3 Å². The summed E-state index contributed by atoms with van der Waals surface area (Å²) in [6.45, 7) is 0. The first-order valence-electron chi connectivity index (χ1n) is 4.17. The molecule has 0 saturated carbocycles. The molecule has 0 heterocycles. The Bertz CT molecular complexity index is 451. The topological polar surface area (TPSA) is 38.3 Å². The molecule has 3 nitrogen and oxygen atoms in total. The minimum Gasteiger partial charge on any atom is -0.493 e. The molecule has 0 aliphatic carbocycles. The van der Waals surface area contributed by atoms with E-state index in [0.717, 1.165) is 6.07 Å². The normalized spacial score (nSPS) is 11.2. The highest BCUT2D eigenvalue weighted by atomic mass is 79.9. The summed E-state index contributed by atoms with van der Waals surface area (Å²) < 4.78 is 41.4. The van der Waals surface area contributed by atoms with Gasteiger partial charge >= 0.3 is 12.1 Å². The van der Waals surface area contributed by atoms with Gasteiger partial charge in [0.05, 0.1) is 17.3 Å². The van der Waals surface area contributed by atoms with Crippen LogP contribution in [0.4, 0.5) is 18.9 Å². The van der Waals surface area contributed by atoms with Crippen LogP contribution < -0.4 is 10.1 Å². The molecular weight excluding hydrogens is 326 g/mol. The number of alkyl halides is 3. The van der Waals surface area contributed by atoms with E-state index in [0.29, 0.717) is 4.47 Å². The Labute approximate surface area is 108 Å². The van der Waals surface area contributed by atoms with Gasteiger partial charge in [-0.15, -0.1) is 0 Å². The van der Waals surface area contributed by atoms with Crippen LogP contribution in [0.1, 0.15) is 0 Å². The smallest absolute Gasteiger partial charge is 0.471 e. The summed E-state index contributed by atoms with van der Waals surface area (Å²) >= 11 is 8.72. The number of methoxy groups -OCH3 is 1. The number of carbonyl (C=O) groups is 1. The van der Waals surface area contributed by atoms with Gasteiger partial charge < -0.3 is 10.1 Å². The highest BCUT2D eigenvalue weighted by Gasteiger charge is 2.39. The van der Waals surface area contributed by atoms with E-state index in [1.807, 2.05) is 0 Å². The molecule has 0 aromatic heterocycles. The van der Waals surface area contributed by atoms with Crippen LogP contribution in [0, 0.1) is 0 Å². The lowest BCUT2D eigenvalue weighted by molar-refractivity contribution is -0.167. The average molecular weight is 333 g/mol. The van der Waals surface area contributed by atoms with Crippen molar-refractivity contribution in [1.82, 2.24) is 0 Å². The van der Waals surface area contributed by atoms with Crippen molar-refractivity contribution in [3.05, 3.63) is 21.6 Å². The van der Waals surface area contributed by atoms with Crippen molar-refractivity contribution >= 4 is 39.1 Å². The Morgan fingerprint density at radius 2 is 2.06 bits per heavy atom. The number of anilines is 1. The number of hydrogen-bond donors (Lipinski definition) is 1. The Kier molecular flexibility index (Phi) is 4.26. The van der Waals surface area contributed by atoms with Crippen LogP contribution in [0.15, 0.2) is 16.6 Å². The molecule has 1 amide bonds. The van der Waals surface area contributed by atoms with E-state index in [1.54, 1.807) is 5.32 Å². The first kappa shape index (κ1) is 14.1. The van der Waals surface area contributed by atoms with Crippen LogP contribution in [0.2, 0.25) is 5.02 Å². The van der Waals surface area contributed by atoms with Gasteiger partial charge in [0.1, 0.15) is 0 Å². The van der Waals surface area contributed by atoms with Gasteiger partial charge in [-0.1, -0.05) is 11.6 Å². The molecule has 0 bridgehead atoms. The lowest BCUT2D eigenvalue weighted by Gasteiger charge is -2.13. The van der Waals surface area contributed by atoms with Crippen molar-refractivity contribution in [2.24, 2.45) is 0 Å². The summed E-state index contributed by atoms with van der Waals surface area (Å²) in [5.74, 6) is -2.03. The van der Waals surface area contributed by atoms with Crippen LogP contribution in [-0.4, -0.2) is 19.2 Å². The van der Waals surface area contributed by atoms with Gasteiger partial charge in [0.15, 0.2) is 5.75 Å². The molecule has 1 rings (SSSR count). The number of rotatable bonds is 2. The molecule has 0 fully saturated rings. The SMILES string of the molecule is COc1c(Br)cc(Cl)cc1NC(=O)C(F)(F)F. The number of carbonyl (C=O) groups excluding carboxylic acids is 1. The Hall–Kier alpha value is -0.950. The molecular formula is C9H6BrClF3NO2. The van der Waals surface area contributed by atoms with Gasteiger partial charge in [0.25, 0.3) is 0 Å². The van der Waals surface area contributed by atoms with Gasteiger partial charge in [0, 0.05) is 5.02 Å². The first-order chi connectivity index (χ1) is 7.75. The molecule has 1 N–H and O–H groups in total. The van der Waals surface area contributed by atoms with E-state index < -0.39 is 12.1 Å². The van der Waals surface area contributed by atoms with Crippen molar-refractivity contribution < 1.29 is 22.7 Å². The van der Waals surface area contributed by atoms with Gasteiger partial charge in [0.2, 0.25) is 0 Å². The van der Waals surface area contributed by atoms with Gasteiger partial charge in [-0.05, 0) is 28.1 Å². The fraction of sp³-hybridized carbons (Fsp3) is 0.222. The Balaban J connectivity index is 3.10. The molecule has 1 aromatic rings. The molecule has 8 heteroatoms. The summed E-state index contributed by atoms with van der Waals surface area (Å²) in [6.07, 6.45) is -4.97. The zero-order valence-corrected chi connectivity index (χ0v) is 10.7. The summed E-state index contributed by atoms with van der Waals surface area (Å²) in [5, 5.41) is 1.84. The van der Waals surface area contributed by atoms with E-state index in [9.17, 15) is 18.0 Å². The fourth-order valence-electron chi connectivity index (χ4n) is 1.05. The molecule has 1 aromatic carbocycles. The minimum atomic E-state index is -4.97. The zero-order valence-electron chi connectivity index (χ0n) is 8.36. The molecule has 0 unspecified atom stereocenters. The van der Waals surface area contributed by atoms with Crippen LogP contribution in [0.3, 0.4) is 0 Å². The second kappa shape index (κ2) is 5.14. The van der Waals surface area contributed by atoms with E-state index >= 15 is 0 Å². The minimum absolute atomic E-state index is 0.0620. The molecule has 0 atom stereocenters. The number of benzene rings is 1. The van der Waals surface area contributed by atoms with Crippen LogP contribution in [0.5, 0.6) is 5.75 Å². The standard InChI is InChI=1S/C9H6BrClF3NO2/c1-17-7-5(10)2-4(11)3-6(7)15-8(16)9(12,13)14/h2-3H,1H3,(H,15,16). The van der Waals surface area contributed by atoms with Gasteiger partial charge in [-0.25, -0.2) is 0 Å². The third-order valence-corrected chi connectivity index (χ3v) is 2.53. The largest absolute Gasteiger partial charge is 0.493 e. The molecule has 0 saturated heterocycles. The van der Waals surface area contributed by atoms with Crippen molar-refractivity contribution in [2.75, 3.05) is 12.4 Å². The summed E-state index contributed by atoms with van der Waals surface area (Å²) in [6, 6.07) is 2.60. The molecule has 0 aliphatic heterocycles. The number of amides is 1. The predicted octanol–water partition coefficient (Wildman–Crippen LogP) is 3.61. The monoisotopic (exact) mass is 331 g/mol. The van der Waals surface area contributed by atoms with Crippen molar-refractivity contribution in [2.45, 2.75) is 6.18 Å². The maximum Gasteiger partial charge on any atom is 0.471 e. The molecule has 17 heavy (non-hydrogen) atoms. The number of halogens is 5. The fourth-order valence-corrected chi connectivity index (χ4v) is 2.03. The highest BCUT2D eigenvalue weighted by molar-refractivity contribution is 9.10. The number of hydrogen-bond acceptors (Lipinski definition) is 2. The summed E-state index contributed by atoms with van der Waals surface area (Å²) in [4.78, 5) is 10.8. The number of ether oxygens (including phenoxy) is 1. The maximum absolute atomic E-state index is 12.1. The summed E-state index contributed by atoms with van der Waals surface area (Å²) in [5.41, 5.74) is -0.158. The van der Waals surface area contributed by atoms with E-state index in [1.165, 1.54) is 13.2 Å². The average Bonchev–Trinajstić information content (AvgIpc) is 2.15. The molecule has 0 radical (unpaired) electrons. The highest BCUT2D eigenvalue weighted by Crippen LogP contribution is 2.36. The predicted molar refractivity (Wildman–Crippen MR) is 60.4 cm³/mol. The van der Waals surface area contributed by atoms with Crippen molar-refractivity contribution in [3.8, 4) is 5.75 Å². The van der Waals surface area contributed by atoms with Crippen LogP contribution >= 0.6 is 27.5 Å².